The third-order valence-electron chi connectivity index (χ3n) is 5.84. The second kappa shape index (κ2) is 10.4. The molecule has 1 aromatic heterocycles. The molecule has 2 atom stereocenters. The lowest BCUT2D eigenvalue weighted by atomic mass is 9.95. The molecule has 0 aliphatic carbocycles. The molecule has 4 rings (SSSR count). The largest absolute Gasteiger partial charge is 0.444 e. The van der Waals surface area contributed by atoms with Gasteiger partial charge in [-0.15, -0.1) is 0 Å². The number of aliphatic hydroxyl groups is 2. The normalized spacial score (nSPS) is 18.2. The second-order valence-electron chi connectivity index (χ2n) is 8.22. The van der Waals surface area contributed by atoms with Crippen molar-refractivity contribution >= 4 is 11.8 Å². The molecular weight excluding hydrogens is 422 g/mol. The predicted octanol–water partition coefficient (Wildman–Crippen LogP) is 2.02. The summed E-state index contributed by atoms with van der Waals surface area (Å²) in [5, 5.41) is 22.2. The van der Waals surface area contributed by atoms with Crippen LogP contribution in [0.15, 0.2) is 65.3 Å². The van der Waals surface area contributed by atoms with Crippen molar-refractivity contribution in [3.63, 3.8) is 0 Å². The summed E-state index contributed by atoms with van der Waals surface area (Å²) in [5.41, 5.74) is 2.81. The first-order valence-corrected chi connectivity index (χ1v) is 11.0. The van der Waals surface area contributed by atoms with Gasteiger partial charge in [0.25, 0.3) is 5.91 Å². The van der Waals surface area contributed by atoms with Crippen LogP contribution < -0.4 is 5.32 Å². The monoisotopic (exact) mass is 449 g/mol. The molecule has 2 heterocycles. The van der Waals surface area contributed by atoms with Crippen molar-refractivity contribution in [3.05, 3.63) is 77.7 Å². The number of carbonyl (C=O) groups excluding carboxylic acids is 2. The van der Waals surface area contributed by atoms with Crippen LogP contribution in [0.5, 0.6) is 0 Å². The van der Waals surface area contributed by atoms with Gasteiger partial charge in [-0.2, -0.15) is 0 Å². The zero-order valence-electron chi connectivity index (χ0n) is 18.2. The van der Waals surface area contributed by atoms with Gasteiger partial charge in [0.1, 0.15) is 6.26 Å². The Morgan fingerprint density at radius 3 is 2.58 bits per heavy atom. The highest BCUT2D eigenvalue weighted by molar-refractivity contribution is 5.92. The van der Waals surface area contributed by atoms with Crippen LogP contribution in [0.1, 0.15) is 28.0 Å². The number of piperidine rings is 1. The highest BCUT2D eigenvalue weighted by Crippen LogP contribution is 2.22. The molecule has 2 aromatic carbocycles. The summed E-state index contributed by atoms with van der Waals surface area (Å²) >= 11 is 0. The molecule has 1 saturated heterocycles. The van der Waals surface area contributed by atoms with E-state index in [1.54, 1.807) is 4.90 Å². The summed E-state index contributed by atoms with van der Waals surface area (Å²) in [4.78, 5) is 30.8. The van der Waals surface area contributed by atoms with Crippen molar-refractivity contribution < 1.29 is 24.2 Å². The number of carbonyl (C=O) groups is 2. The molecule has 0 saturated carbocycles. The number of aromatic nitrogens is 1. The van der Waals surface area contributed by atoms with E-state index in [9.17, 15) is 19.8 Å². The molecule has 3 aromatic rings. The number of oxazole rings is 1. The molecule has 0 unspecified atom stereocenters. The number of amides is 2. The van der Waals surface area contributed by atoms with E-state index in [0.29, 0.717) is 31.8 Å². The number of likely N-dealkylation sites (tertiary alicyclic amines) is 1. The molecule has 172 valence electrons. The van der Waals surface area contributed by atoms with Crippen LogP contribution in [-0.2, 0) is 17.8 Å². The van der Waals surface area contributed by atoms with Gasteiger partial charge in [0.2, 0.25) is 11.8 Å². The van der Waals surface area contributed by atoms with Crippen LogP contribution in [0.4, 0.5) is 0 Å². The minimum Gasteiger partial charge on any atom is -0.444 e. The molecule has 8 nitrogen and oxygen atoms in total. The third-order valence-corrected chi connectivity index (χ3v) is 5.84. The first-order valence-electron chi connectivity index (χ1n) is 11.0. The smallest absolute Gasteiger partial charge is 0.275 e. The number of hydrogen-bond acceptors (Lipinski definition) is 6. The molecule has 8 heteroatoms. The highest BCUT2D eigenvalue weighted by atomic mass is 16.3. The van der Waals surface area contributed by atoms with Gasteiger partial charge in [0.15, 0.2) is 5.69 Å². The fraction of sp³-hybridized carbons (Fsp3) is 0.320. The fourth-order valence-corrected chi connectivity index (χ4v) is 3.86. The van der Waals surface area contributed by atoms with Crippen LogP contribution in [0.25, 0.3) is 11.5 Å². The van der Waals surface area contributed by atoms with Crippen molar-refractivity contribution in [1.82, 2.24) is 15.2 Å². The Hall–Kier alpha value is -3.49. The van der Waals surface area contributed by atoms with Gasteiger partial charge >= 0.3 is 0 Å². The average Bonchev–Trinajstić information content (AvgIpc) is 3.34. The molecule has 1 fully saturated rings. The van der Waals surface area contributed by atoms with Crippen LogP contribution in [0.3, 0.4) is 0 Å². The van der Waals surface area contributed by atoms with E-state index < -0.39 is 6.10 Å². The Kier molecular flexibility index (Phi) is 7.16. The van der Waals surface area contributed by atoms with Gasteiger partial charge in [-0.25, -0.2) is 4.98 Å². The molecule has 0 radical (unpaired) electrons. The molecule has 33 heavy (non-hydrogen) atoms. The summed E-state index contributed by atoms with van der Waals surface area (Å²) in [5.74, 6) is -0.355. The van der Waals surface area contributed by atoms with Gasteiger partial charge < -0.3 is 24.8 Å². The summed E-state index contributed by atoms with van der Waals surface area (Å²) in [7, 11) is 0. The quantitative estimate of drug-likeness (QED) is 0.508. The molecular formula is C25H27N3O5. The highest BCUT2D eigenvalue weighted by Gasteiger charge is 2.31. The Morgan fingerprint density at radius 2 is 1.85 bits per heavy atom. The number of nitrogens with zero attached hydrogens (tertiary/aromatic N) is 2. The van der Waals surface area contributed by atoms with E-state index in [1.165, 1.54) is 6.26 Å². The maximum atomic E-state index is 12.7. The van der Waals surface area contributed by atoms with E-state index in [2.05, 4.69) is 10.3 Å². The maximum Gasteiger partial charge on any atom is 0.275 e. The Labute approximate surface area is 191 Å². The summed E-state index contributed by atoms with van der Waals surface area (Å²) < 4.78 is 5.51. The van der Waals surface area contributed by atoms with E-state index >= 15 is 0 Å². The minimum atomic E-state index is -0.603. The van der Waals surface area contributed by atoms with Crippen LogP contribution >= 0.6 is 0 Å². The van der Waals surface area contributed by atoms with Crippen molar-refractivity contribution in [2.24, 2.45) is 5.92 Å². The summed E-state index contributed by atoms with van der Waals surface area (Å²) in [6.45, 7) is 0.926. The predicted molar refractivity (Wildman–Crippen MR) is 121 cm³/mol. The third kappa shape index (κ3) is 5.66. The van der Waals surface area contributed by atoms with Gasteiger partial charge in [-0.1, -0.05) is 42.5 Å². The molecule has 2 amide bonds. The molecule has 0 spiro atoms. The standard InChI is InChI=1S/C25H27N3O5/c29-15-20-14-28(11-10-22(20)30)25(32)21-16-33-24(27-21)19-8-6-18(7-9-19)13-26-23(31)12-17-4-2-1-3-5-17/h1-9,16,20,22,29-30H,10-15H2,(H,26,31)/t20-,22-/m1/s1. The fourth-order valence-electron chi connectivity index (χ4n) is 3.86. The van der Waals surface area contributed by atoms with Crippen molar-refractivity contribution in [3.8, 4) is 11.5 Å². The first kappa shape index (κ1) is 22.7. The topological polar surface area (TPSA) is 116 Å². The minimum absolute atomic E-state index is 0.0465. The zero-order valence-corrected chi connectivity index (χ0v) is 18.2. The molecule has 0 bridgehead atoms. The second-order valence-corrected chi connectivity index (χ2v) is 8.22. The van der Waals surface area contributed by atoms with Crippen molar-refractivity contribution in [2.45, 2.75) is 25.5 Å². The Balaban J connectivity index is 1.33. The van der Waals surface area contributed by atoms with E-state index in [-0.39, 0.29) is 36.6 Å². The zero-order chi connectivity index (χ0) is 23.2. The van der Waals surface area contributed by atoms with Gasteiger partial charge in [-0.05, 0) is 29.7 Å². The Bertz CT molecular complexity index is 1080. The molecule has 3 N–H and O–H groups in total. The summed E-state index contributed by atoms with van der Waals surface area (Å²) in [6, 6.07) is 17.0. The van der Waals surface area contributed by atoms with E-state index in [4.69, 9.17) is 4.42 Å². The lowest BCUT2D eigenvalue weighted by molar-refractivity contribution is -0.120. The van der Waals surface area contributed by atoms with Crippen LogP contribution in [0.2, 0.25) is 0 Å². The van der Waals surface area contributed by atoms with Crippen molar-refractivity contribution in [1.29, 1.82) is 0 Å². The Morgan fingerprint density at radius 1 is 1.09 bits per heavy atom. The SMILES string of the molecule is O=C(Cc1ccccc1)NCc1ccc(-c2nc(C(=O)N3CC[C@@H](O)[C@@H](CO)C3)co2)cc1. The molecule has 1 aliphatic rings. The lowest BCUT2D eigenvalue weighted by Crippen LogP contribution is -2.47. The van der Waals surface area contributed by atoms with Crippen LogP contribution in [0, 0.1) is 5.92 Å². The van der Waals surface area contributed by atoms with Gasteiger partial charge in [0.05, 0.1) is 19.1 Å². The average molecular weight is 450 g/mol. The van der Waals surface area contributed by atoms with E-state index in [0.717, 1.165) is 16.7 Å². The maximum absolute atomic E-state index is 12.7. The van der Waals surface area contributed by atoms with Crippen LogP contribution in [-0.4, -0.2) is 57.7 Å². The number of aliphatic hydroxyl groups excluding tert-OH is 2. The van der Waals surface area contributed by atoms with Crippen molar-refractivity contribution in [2.75, 3.05) is 19.7 Å². The summed E-state index contributed by atoms with van der Waals surface area (Å²) in [6.07, 6.45) is 1.48. The number of rotatable bonds is 7. The lowest BCUT2D eigenvalue weighted by Gasteiger charge is -2.34. The number of nitrogens with one attached hydrogen (secondary N) is 1. The molecule has 1 aliphatic heterocycles. The van der Waals surface area contributed by atoms with Gasteiger partial charge in [0, 0.05) is 31.1 Å². The first-order chi connectivity index (χ1) is 16.0. The van der Waals surface area contributed by atoms with E-state index in [1.807, 2.05) is 54.6 Å². The number of benzene rings is 2. The number of hydrogen-bond donors (Lipinski definition) is 3. The van der Waals surface area contributed by atoms with Gasteiger partial charge in [-0.3, -0.25) is 9.59 Å².